The molecule has 1 amide bonds. The van der Waals surface area contributed by atoms with E-state index in [2.05, 4.69) is 0 Å². The summed E-state index contributed by atoms with van der Waals surface area (Å²) in [6, 6.07) is 0.430. The van der Waals surface area contributed by atoms with E-state index in [0.717, 1.165) is 19.3 Å². The van der Waals surface area contributed by atoms with Crippen LogP contribution in [0.25, 0.3) is 0 Å². The molecule has 1 saturated heterocycles. The van der Waals surface area contributed by atoms with Crippen molar-refractivity contribution in [1.82, 2.24) is 4.90 Å². The molecular weight excluding hydrogens is 182 g/mol. The quantitative estimate of drug-likeness (QED) is 0.730. The van der Waals surface area contributed by atoms with Crippen molar-refractivity contribution in [3.63, 3.8) is 0 Å². The fourth-order valence-corrected chi connectivity index (χ4v) is 2.09. The number of carboxylic acids is 1. The van der Waals surface area contributed by atoms with Crippen LogP contribution in [0.4, 0.5) is 0 Å². The summed E-state index contributed by atoms with van der Waals surface area (Å²) in [4.78, 5) is 23.9. The second-order valence-electron chi connectivity index (χ2n) is 4.28. The van der Waals surface area contributed by atoms with Gasteiger partial charge < -0.3 is 10.0 Å². The Morgan fingerprint density at radius 2 is 2.14 bits per heavy atom. The Morgan fingerprint density at radius 1 is 1.43 bits per heavy atom. The fraction of sp³-hybridized carbons (Fsp3) is 0.800. The van der Waals surface area contributed by atoms with Gasteiger partial charge in [-0.3, -0.25) is 9.59 Å². The van der Waals surface area contributed by atoms with Gasteiger partial charge in [0.15, 0.2) is 0 Å². The van der Waals surface area contributed by atoms with Gasteiger partial charge in [-0.15, -0.1) is 0 Å². The lowest BCUT2D eigenvalue weighted by atomic mass is 9.94. The van der Waals surface area contributed by atoms with Crippen molar-refractivity contribution in [1.29, 1.82) is 0 Å². The smallest absolute Gasteiger partial charge is 0.303 e. The molecule has 1 unspecified atom stereocenters. The minimum absolute atomic E-state index is 0.172. The molecule has 1 aliphatic heterocycles. The summed E-state index contributed by atoms with van der Waals surface area (Å²) >= 11 is 0. The maximum Gasteiger partial charge on any atom is 0.303 e. The monoisotopic (exact) mass is 197 g/mol. The van der Waals surface area contributed by atoms with Gasteiger partial charge in [0.05, 0.1) is 0 Å². The van der Waals surface area contributed by atoms with Crippen LogP contribution in [0.2, 0.25) is 0 Å². The molecule has 2 aliphatic rings. The van der Waals surface area contributed by atoms with Crippen LogP contribution in [0.5, 0.6) is 0 Å². The molecular formula is C10H15NO3. The predicted molar refractivity (Wildman–Crippen MR) is 49.7 cm³/mol. The average Bonchev–Trinajstić information content (AvgIpc) is 2.90. The lowest BCUT2D eigenvalue weighted by Crippen LogP contribution is -2.41. The standard InChI is InChI=1S/C10H15NO3/c12-9-4-1-7(5-10(13)14)6-11(9)8-2-3-8/h7-8H,1-6H2,(H,13,14). The summed E-state index contributed by atoms with van der Waals surface area (Å²) in [5.41, 5.74) is 0. The van der Waals surface area contributed by atoms with Crippen molar-refractivity contribution in [2.75, 3.05) is 6.54 Å². The molecule has 4 heteroatoms. The van der Waals surface area contributed by atoms with Crippen molar-refractivity contribution in [2.45, 2.75) is 38.1 Å². The van der Waals surface area contributed by atoms with Crippen molar-refractivity contribution < 1.29 is 14.7 Å². The Balaban J connectivity index is 1.91. The molecule has 0 bridgehead atoms. The third kappa shape index (κ3) is 2.05. The largest absolute Gasteiger partial charge is 0.481 e. The fourth-order valence-electron chi connectivity index (χ4n) is 2.09. The molecule has 1 saturated carbocycles. The molecule has 0 aromatic heterocycles. The Hall–Kier alpha value is -1.06. The van der Waals surface area contributed by atoms with Crippen LogP contribution in [0, 0.1) is 5.92 Å². The highest BCUT2D eigenvalue weighted by Crippen LogP contribution is 2.32. The molecule has 78 valence electrons. The summed E-state index contributed by atoms with van der Waals surface area (Å²) in [5, 5.41) is 8.67. The summed E-state index contributed by atoms with van der Waals surface area (Å²) in [6.07, 6.45) is 3.69. The van der Waals surface area contributed by atoms with E-state index in [1.165, 1.54) is 0 Å². The third-order valence-electron chi connectivity index (χ3n) is 2.99. The van der Waals surface area contributed by atoms with Gasteiger partial charge in [-0.1, -0.05) is 0 Å². The Kier molecular flexibility index (Phi) is 2.44. The van der Waals surface area contributed by atoms with Gasteiger partial charge in [0, 0.05) is 25.4 Å². The van der Waals surface area contributed by atoms with E-state index in [9.17, 15) is 9.59 Å². The lowest BCUT2D eigenvalue weighted by molar-refractivity contribution is -0.142. The molecule has 0 aromatic rings. The van der Waals surface area contributed by atoms with Gasteiger partial charge in [0.25, 0.3) is 0 Å². The van der Waals surface area contributed by atoms with E-state index in [1.54, 1.807) is 0 Å². The molecule has 2 fully saturated rings. The maximum atomic E-state index is 11.5. The molecule has 0 spiro atoms. The Labute approximate surface area is 82.9 Å². The number of likely N-dealkylation sites (tertiary alicyclic amines) is 1. The predicted octanol–water partition coefficient (Wildman–Crippen LogP) is 0.862. The molecule has 14 heavy (non-hydrogen) atoms. The number of aliphatic carboxylic acids is 1. The summed E-state index contributed by atoms with van der Waals surface area (Å²) in [6.45, 7) is 0.662. The van der Waals surface area contributed by atoms with Crippen molar-refractivity contribution >= 4 is 11.9 Å². The van der Waals surface area contributed by atoms with Crippen LogP contribution >= 0.6 is 0 Å². The first-order valence-electron chi connectivity index (χ1n) is 5.18. The Morgan fingerprint density at radius 3 is 2.71 bits per heavy atom. The van der Waals surface area contributed by atoms with Crippen LogP contribution in [0.1, 0.15) is 32.1 Å². The molecule has 1 N–H and O–H groups in total. The van der Waals surface area contributed by atoms with E-state index in [-0.39, 0.29) is 18.2 Å². The number of carboxylic acid groups (broad SMARTS) is 1. The van der Waals surface area contributed by atoms with E-state index in [1.807, 2.05) is 4.90 Å². The zero-order chi connectivity index (χ0) is 10.1. The van der Waals surface area contributed by atoms with Crippen LogP contribution in [0.15, 0.2) is 0 Å². The minimum Gasteiger partial charge on any atom is -0.481 e. The van der Waals surface area contributed by atoms with Gasteiger partial charge in [-0.2, -0.15) is 0 Å². The first-order valence-corrected chi connectivity index (χ1v) is 5.18. The second kappa shape index (κ2) is 3.59. The Bertz CT molecular complexity index is 260. The maximum absolute atomic E-state index is 11.5. The number of carbonyl (C=O) groups excluding carboxylic acids is 1. The van der Waals surface area contributed by atoms with Gasteiger partial charge in [-0.05, 0) is 25.2 Å². The van der Waals surface area contributed by atoms with Crippen LogP contribution in [-0.2, 0) is 9.59 Å². The first kappa shape index (κ1) is 9.49. The number of rotatable bonds is 3. The van der Waals surface area contributed by atoms with Crippen LogP contribution in [0.3, 0.4) is 0 Å². The van der Waals surface area contributed by atoms with Gasteiger partial charge in [0.2, 0.25) is 5.91 Å². The average molecular weight is 197 g/mol. The number of piperidine rings is 1. The normalized spacial score (nSPS) is 27.9. The van der Waals surface area contributed by atoms with E-state index < -0.39 is 5.97 Å². The third-order valence-corrected chi connectivity index (χ3v) is 2.99. The highest BCUT2D eigenvalue weighted by atomic mass is 16.4. The van der Waals surface area contributed by atoms with Crippen molar-refractivity contribution in [3.8, 4) is 0 Å². The van der Waals surface area contributed by atoms with Crippen LogP contribution in [-0.4, -0.2) is 34.5 Å². The molecule has 2 rings (SSSR count). The number of hydrogen-bond donors (Lipinski definition) is 1. The van der Waals surface area contributed by atoms with Crippen molar-refractivity contribution in [3.05, 3.63) is 0 Å². The molecule has 4 nitrogen and oxygen atoms in total. The van der Waals surface area contributed by atoms with E-state index >= 15 is 0 Å². The summed E-state index contributed by atoms with van der Waals surface area (Å²) in [7, 11) is 0. The summed E-state index contributed by atoms with van der Waals surface area (Å²) in [5.74, 6) is -0.361. The number of carbonyl (C=O) groups is 2. The summed E-state index contributed by atoms with van der Waals surface area (Å²) < 4.78 is 0. The topological polar surface area (TPSA) is 57.6 Å². The first-order chi connectivity index (χ1) is 6.66. The van der Waals surface area contributed by atoms with Crippen LogP contribution < -0.4 is 0 Å². The second-order valence-corrected chi connectivity index (χ2v) is 4.28. The van der Waals surface area contributed by atoms with Crippen molar-refractivity contribution in [2.24, 2.45) is 5.92 Å². The number of nitrogens with zero attached hydrogens (tertiary/aromatic N) is 1. The SMILES string of the molecule is O=C(O)CC1CCC(=O)N(C2CC2)C1. The number of hydrogen-bond acceptors (Lipinski definition) is 2. The molecule has 1 atom stereocenters. The zero-order valence-electron chi connectivity index (χ0n) is 8.11. The lowest BCUT2D eigenvalue weighted by Gasteiger charge is -2.32. The van der Waals surface area contributed by atoms with E-state index in [4.69, 9.17) is 5.11 Å². The molecule has 1 aliphatic carbocycles. The van der Waals surface area contributed by atoms with Gasteiger partial charge in [0.1, 0.15) is 0 Å². The highest BCUT2D eigenvalue weighted by molar-refractivity contribution is 5.78. The zero-order valence-corrected chi connectivity index (χ0v) is 8.11. The minimum atomic E-state index is -0.750. The molecule has 1 heterocycles. The van der Waals surface area contributed by atoms with Gasteiger partial charge in [-0.25, -0.2) is 0 Å². The van der Waals surface area contributed by atoms with E-state index in [0.29, 0.717) is 19.0 Å². The number of amides is 1. The molecule has 0 aromatic carbocycles. The molecule has 0 radical (unpaired) electrons. The van der Waals surface area contributed by atoms with Gasteiger partial charge >= 0.3 is 5.97 Å². The highest BCUT2D eigenvalue weighted by Gasteiger charge is 2.36.